The first-order valence-electron chi connectivity index (χ1n) is 12.8. The van der Waals surface area contributed by atoms with Crippen LogP contribution in [0, 0.1) is 17.8 Å². The van der Waals surface area contributed by atoms with E-state index in [1.54, 1.807) is 0 Å². The van der Waals surface area contributed by atoms with Gasteiger partial charge in [0.15, 0.2) is 6.10 Å². The standard InChI is InChI=1S/C29H35NO2/c1-19(32-27-8-4-6-23-5-2-3-7-26(23)27)28(31)30-25-11-9-24(10-12-25)29-16-20-13-21(17-29)15-22(14-20)18-29/h4,6,8-12,19-22H,2-3,5,7,13-18H2,1H3,(H,30,31)/t19-,20?,21?,22?,29?/m0/s1. The molecule has 3 heteroatoms. The molecule has 2 aromatic rings. The van der Waals surface area contributed by atoms with Crippen LogP contribution in [-0.2, 0) is 23.1 Å². The van der Waals surface area contributed by atoms with Crippen LogP contribution in [0.4, 0.5) is 5.69 Å². The van der Waals surface area contributed by atoms with Gasteiger partial charge in [0.25, 0.3) is 5.91 Å². The van der Waals surface area contributed by atoms with E-state index in [1.165, 1.54) is 68.1 Å². The highest BCUT2D eigenvalue weighted by Gasteiger charge is 2.51. The Kier molecular flexibility index (Phi) is 5.04. The lowest BCUT2D eigenvalue weighted by Crippen LogP contribution is -2.48. The average molecular weight is 430 g/mol. The van der Waals surface area contributed by atoms with Crippen molar-refractivity contribution in [2.75, 3.05) is 5.32 Å². The number of fused-ring (bicyclic) bond motifs is 1. The highest BCUT2D eigenvalue weighted by Crippen LogP contribution is 2.60. The van der Waals surface area contributed by atoms with Crippen LogP contribution in [0.5, 0.6) is 5.75 Å². The van der Waals surface area contributed by atoms with Crippen LogP contribution in [0.15, 0.2) is 42.5 Å². The molecular weight excluding hydrogens is 394 g/mol. The number of rotatable bonds is 5. The zero-order valence-corrected chi connectivity index (χ0v) is 19.2. The van der Waals surface area contributed by atoms with Crippen molar-refractivity contribution in [1.29, 1.82) is 0 Å². The third-order valence-electron chi connectivity index (χ3n) is 8.83. The van der Waals surface area contributed by atoms with Crippen LogP contribution in [0.1, 0.15) is 75.0 Å². The molecule has 1 amide bonds. The minimum atomic E-state index is -0.522. The fraction of sp³-hybridized carbons (Fsp3) is 0.552. The SMILES string of the molecule is C[C@H](Oc1cccc2c1CCCC2)C(=O)Nc1ccc(C23CC4CC(CC(C4)C2)C3)cc1. The molecule has 5 aliphatic rings. The zero-order chi connectivity index (χ0) is 21.7. The van der Waals surface area contributed by atoms with Crippen molar-refractivity contribution in [3.63, 3.8) is 0 Å². The lowest BCUT2D eigenvalue weighted by atomic mass is 9.48. The molecule has 0 aliphatic heterocycles. The molecule has 0 heterocycles. The normalized spacial score (nSPS) is 31.1. The van der Waals surface area contributed by atoms with E-state index in [2.05, 4.69) is 35.6 Å². The summed E-state index contributed by atoms with van der Waals surface area (Å²) in [6.45, 7) is 1.85. The van der Waals surface area contributed by atoms with Crippen LogP contribution in [0.2, 0.25) is 0 Å². The molecule has 3 nitrogen and oxygen atoms in total. The maximum absolute atomic E-state index is 12.9. The van der Waals surface area contributed by atoms with Gasteiger partial charge >= 0.3 is 0 Å². The number of benzene rings is 2. The Labute approximate surface area is 191 Å². The Hall–Kier alpha value is -2.29. The molecule has 7 rings (SSSR count). The molecule has 32 heavy (non-hydrogen) atoms. The first kappa shape index (κ1) is 20.3. The third-order valence-corrected chi connectivity index (χ3v) is 8.83. The van der Waals surface area contributed by atoms with Gasteiger partial charge in [0.2, 0.25) is 0 Å². The summed E-state index contributed by atoms with van der Waals surface area (Å²) in [5.74, 6) is 3.63. The highest BCUT2D eigenvalue weighted by atomic mass is 16.5. The molecule has 0 aromatic heterocycles. The van der Waals surface area contributed by atoms with Crippen molar-refractivity contribution in [3.8, 4) is 5.75 Å². The van der Waals surface area contributed by atoms with Crippen molar-refractivity contribution in [2.45, 2.75) is 82.7 Å². The van der Waals surface area contributed by atoms with Crippen molar-refractivity contribution < 1.29 is 9.53 Å². The number of carbonyl (C=O) groups excluding carboxylic acids is 1. The Morgan fingerprint density at radius 3 is 2.28 bits per heavy atom. The van der Waals surface area contributed by atoms with E-state index in [9.17, 15) is 4.79 Å². The van der Waals surface area contributed by atoms with Crippen molar-refractivity contribution in [3.05, 3.63) is 59.2 Å². The number of amides is 1. The molecule has 1 atom stereocenters. The Balaban J connectivity index is 1.12. The van der Waals surface area contributed by atoms with E-state index >= 15 is 0 Å². The largest absolute Gasteiger partial charge is 0.481 e. The van der Waals surface area contributed by atoms with Crippen LogP contribution >= 0.6 is 0 Å². The first-order valence-corrected chi connectivity index (χ1v) is 12.8. The van der Waals surface area contributed by atoms with Crippen molar-refractivity contribution in [2.24, 2.45) is 17.8 Å². The zero-order valence-electron chi connectivity index (χ0n) is 19.2. The van der Waals surface area contributed by atoms with Gasteiger partial charge in [0.05, 0.1) is 0 Å². The van der Waals surface area contributed by atoms with E-state index in [-0.39, 0.29) is 5.91 Å². The number of carbonyl (C=O) groups is 1. The van der Waals surface area contributed by atoms with E-state index in [0.29, 0.717) is 5.41 Å². The molecule has 168 valence electrons. The summed E-state index contributed by atoms with van der Waals surface area (Å²) < 4.78 is 6.12. The topological polar surface area (TPSA) is 38.3 Å². The van der Waals surface area contributed by atoms with E-state index in [4.69, 9.17) is 4.74 Å². The first-order chi connectivity index (χ1) is 15.6. The number of ether oxygens (including phenoxy) is 1. The van der Waals surface area contributed by atoms with Gasteiger partial charge in [-0.3, -0.25) is 4.79 Å². The van der Waals surface area contributed by atoms with Crippen LogP contribution in [0.25, 0.3) is 0 Å². The molecule has 1 N–H and O–H groups in total. The summed E-state index contributed by atoms with van der Waals surface area (Å²) in [7, 11) is 0. The van der Waals surface area contributed by atoms with Crippen LogP contribution in [0.3, 0.4) is 0 Å². The summed E-state index contributed by atoms with van der Waals surface area (Å²) in [5, 5.41) is 3.08. The van der Waals surface area contributed by atoms with Gasteiger partial charge in [-0.2, -0.15) is 0 Å². The summed E-state index contributed by atoms with van der Waals surface area (Å²) >= 11 is 0. The predicted molar refractivity (Wildman–Crippen MR) is 128 cm³/mol. The van der Waals surface area contributed by atoms with Gasteiger partial charge in [-0.25, -0.2) is 0 Å². The van der Waals surface area contributed by atoms with E-state index < -0.39 is 6.10 Å². The number of hydrogen-bond donors (Lipinski definition) is 1. The summed E-state index contributed by atoms with van der Waals surface area (Å²) in [6, 6.07) is 15.0. The highest BCUT2D eigenvalue weighted by molar-refractivity contribution is 5.94. The molecule has 4 saturated carbocycles. The summed E-state index contributed by atoms with van der Waals surface area (Å²) in [6.07, 6.45) is 12.6. The molecule has 0 unspecified atom stereocenters. The number of nitrogens with one attached hydrogen (secondary N) is 1. The number of aryl methyl sites for hydroxylation is 1. The van der Waals surface area contributed by atoms with Crippen molar-refractivity contribution in [1.82, 2.24) is 0 Å². The number of hydrogen-bond acceptors (Lipinski definition) is 2. The second kappa shape index (κ2) is 7.93. The third kappa shape index (κ3) is 3.64. The van der Waals surface area contributed by atoms with Crippen molar-refractivity contribution >= 4 is 11.6 Å². The molecule has 4 bridgehead atoms. The lowest BCUT2D eigenvalue weighted by Gasteiger charge is -2.57. The van der Waals surface area contributed by atoms with E-state index in [1.807, 2.05) is 19.1 Å². The average Bonchev–Trinajstić information content (AvgIpc) is 2.79. The smallest absolute Gasteiger partial charge is 0.265 e. The second-order valence-corrected chi connectivity index (χ2v) is 11.1. The quantitative estimate of drug-likeness (QED) is 0.594. The van der Waals surface area contributed by atoms with Gasteiger partial charge in [0.1, 0.15) is 5.75 Å². The molecule has 0 radical (unpaired) electrons. The fourth-order valence-corrected chi connectivity index (χ4v) is 7.72. The van der Waals surface area contributed by atoms with Gasteiger partial charge in [0, 0.05) is 5.69 Å². The van der Waals surface area contributed by atoms with Gasteiger partial charge in [-0.05, 0) is 129 Å². The summed E-state index contributed by atoms with van der Waals surface area (Å²) in [5.41, 5.74) is 5.43. The Bertz CT molecular complexity index is 973. The molecule has 5 aliphatic carbocycles. The molecule has 2 aromatic carbocycles. The number of anilines is 1. The van der Waals surface area contributed by atoms with Crippen LogP contribution < -0.4 is 10.1 Å². The van der Waals surface area contributed by atoms with Gasteiger partial charge in [-0.15, -0.1) is 0 Å². The molecule has 0 saturated heterocycles. The molecule has 0 spiro atoms. The lowest BCUT2D eigenvalue weighted by molar-refractivity contribution is -0.122. The second-order valence-electron chi connectivity index (χ2n) is 11.1. The molecular formula is C29H35NO2. The Morgan fingerprint density at radius 1 is 0.938 bits per heavy atom. The van der Waals surface area contributed by atoms with Gasteiger partial charge in [-0.1, -0.05) is 24.3 Å². The van der Waals surface area contributed by atoms with Gasteiger partial charge < -0.3 is 10.1 Å². The minimum absolute atomic E-state index is 0.0824. The molecule has 4 fully saturated rings. The predicted octanol–water partition coefficient (Wildman–Crippen LogP) is 6.44. The summed E-state index contributed by atoms with van der Waals surface area (Å²) in [4.78, 5) is 12.9. The minimum Gasteiger partial charge on any atom is -0.481 e. The monoisotopic (exact) mass is 429 g/mol. The van der Waals surface area contributed by atoms with E-state index in [0.717, 1.165) is 42.0 Å². The van der Waals surface area contributed by atoms with Crippen LogP contribution in [-0.4, -0.2) is 12.0 Å². The fourth-order valence-electron chi connectivity index (χ4n) is 7.72. The Morgan fingerprint density at radius 2 is 1.59 bits per heavy atom. The maximum atomic E-state index is 12.9. The maximum Gasteiger partial charge on any atom is 0.265 e.